The van der Waals surface area contributed by atoms with Gasteiger partial charge in [-0.2, -0.15) is 13.2 Å². The maximum atomic E-state index is 12.9. The maximum absolute atomic E-state index is 12.9. The second kappa shape index (κ2) is 9.07. The van der Waals surface area contributed by atoms with Crippen LogP contribution < -0.4 is 0 Å². The number of ketones is 1. The van der Waals surface area contributed by atoms with Gasteiger partial charge in [0.1, 0.15) is 12.0 Å². The number of ether oxygens (including phenoxy) is 1. The summed E-state index contributed by atoms with van der Waals surface area (Å²) in [6.07, 6.45) is -4.87. The minimum atomic E-state index is -4.39. The van der Waals surface area contributed by atoms with Crippen molar-refractivity contribution < 1.29 is 27.5 Å². The number of esters is 1. The lowest BCUT2D eigenvalue weighted by Crippen LogP contribution is -2.41. The van der Waals surface area contributed by atoms with Gasteiger partial charge in [-0.25, -0.2) is 0 Å². The number of hydrogen-bond acceptors (Lipinski definition) is 4. The van der Waals surface area contributed by atoms with E-state index in [0.717, 1.165) is 28.8 Å². The summed E-state index contributed by atoms with van der Waals surface area (Å²) in [6.45, 7) is 7.58. The molecule has 1 heterocycles. The average Bonchev–Trinajstić information content (AvgIpc) is 2.66. The van der Waals surface area contributed by atoms with Gasteiger partial charge >= 0.3 is 12.1 Å². The summed E-state index contributed by atoms with van der Waals surface area (Å²) in [5.74, 6) is -1.40. The normalized spacial score (nSPS) is 20.5. The van der Waals surface area contributed by atoms with Gasteiger partial charge in [-0.3, -0.25) is 9.59 Å². The lowest BCUT2D eigenvalue weighted by molar-refractivity contribution is -0.162. The van der Waals surface area contributed by atoms with Crippen molar-refractivity contribution in [3.63, 3.8) is 0 Å². The molecule has 0 spiro atoms. The van der Waals surface area contributed by atoms with Crippen LogP contribution in [0.3, 0.4) is 0 Å². The number of rotatable bonds is 5. The molecule has 2 aromatic rings. The Hall–Kier alpha value is -2.28. The first-order valence-electron chi connectivity index (χ1n) is 10.1. The summed E-state index contributed by atoms with van der Waals surface area (Å²) >= 11 is 1.26. The molecule has 3 rings (SSSR count). The van der Waals surface area contributed by atoms with E-state index in [4.69, 9.17) is 4.74 Å². The topological polar surface area (TPSA) is 43.4 Å². The molecule has 166 valence electrons. The third-order valence-electron chi connectivity index (χ3n) is 5.56. The lowest BCUT2D eigenvalue weighted by Gasteiger charge is -2.32. The number of alkyl halides is 3. The average molecular weight is 451 g/mol. The Morgan fingerprint density at radius 1 is 1.10 bits per heavy atom. The van der Waals surface area contributed by atoms with Gasteiger partial charge in [0.05, 0.1) is 5.56 Å². The van der Waals surface area contributed by atoms with Crippen LogP contribution in [-0.4, -0.2) is 23.6 Å². The third-order valence-corrected chi connectivity index (χ3v) is 6.84. The van der Waals surface area contributed by atoms with Crippen molar-refractivity contribution in [2.45, 2.75) is 57.2 Å². The lowest BCUT2D eigenvalue weighted by atomic mass is 9.82. The summed E-state index contributed by atoms with van der Waals surface area (Å²) < 4.78 is 44.3. The molecule has 0 aliphatic carbocycles. The zero-order valence-electron chi connectivity index (χ0n) is 17.9. The molecule has 3 nitrogen and oxygen atoms in total. The number of Topliss-reactive ketones (excluding diaryl/α,β-unsaturated/α-hetero) is 1. The Balaban J connectivity index is 1.68. The first-order chi connectivity index (χ1) is 14.5. The van der Waals surface area contributed by atoms with Gasteiger partial charge < -0.3 is 4.74 Å². The zero-order valence-corrected chi connectivity index (χ0v) is 18.7. The molecule has 3 unspecified atom stereocenters. The van der Waals surface area contributed by atoms with Crippen LogP contribution >= 0.6 is 11.8 Å². The molecule has 2 aromatic carbocycles. The fourth-order valence-corrected chi connectivity index (χ4v) is 5.10. The van der Waals surface area contributed by atoms with Crippen molar-refractivity contribution >= 4 is 23.5 Å². The van der Waals surface area contributed by atoms with Crippen molar-refractivity contribution in [1.82, 2.24) is 0 Å². The van der Waals surface area contributed by atoms with Crippen molar-refractivity contribution in [1.29, 1.82) is 0 Å². The van der Waals surface area contributed by atoms with Gasteiger partial charge in [-0.05, 0) is 55.7 Å². The number of carbonyl (C=O) groups is 2. The van der Waals surface area contributed by atoms with E-state index in [2.05, 4.69) is 0 Å². The third kappa shape index (κ3) is 5.32. The molecule has 0 saturated carbocycles. The van der Waals surface area contributed by atoms with Crippen molar-refractivity contribution in [2.75, 3.05) is 5.75 Å². The van der Waals surface area contributed by atoms with E-state index < -0.39 is 29.7 Å². The Labute approximate surface area is 184 Å². The van der Waals surface area contributed by atoms with E-state index in [9.17, 15) is 22.8 Å². The molecule has 1 aliphatic heterocycles. The molecule has 3 atom stereocenters. The molecule has 1 fully saturated rings. The van der Waals surface area contributed by atoms with Crippen LogP contribution in [0.1, 0.15) is 47.1 Å². The van der Waals surface area contributed by atoms with Crippen LogP contribution in [0, 0.1) is 26.7 Å². The molecule has 1 saturated heterocycles. The van der Waals surface area contributed by atoms with E-state index in [1.165, 1.54) is 17.8 Å². The van der Waals surface area contributed by atoms with Crippen LogP contribution in [0.5, 0.6) is 0 Å². The van der Waals surface area contributed by atoms with Crippen LogP contribution in [0.15, 0.2) is 41.3 Å². The Kier molecular flexibility index (Phi) is 6.84. The number of thioether (sulfide) groups is 1. The molecule has 0 aromatic heterocycles. The number of hydrogen-bond donors (Lipinski definition) is 0. The number of benzene rings is 2. The molecule has 0 bridgehead atoms. The van der Waals surface area contributed by atoms with Gasteiger partial charge in [0.15, 0.2) is 5.78 Å². The van der Waals surface area contributed by atoms with E-state index in [0.29, 0.717) is 16.2 Å². The highest BCUT2D eigenvalue weighted by Gasteiger charge is 2.41. The van der Waals surface area contributed by atoms with Crippen molar-refractivity contribution in [3.05, 3.63) is 64.2 Å². The predicted octanol–water partition coefficient (Wildman–Crippen LogP) is 6.03. The fourth-order valence-electron chi connectivity index (χ4n) is 4.05. The van der Waals surface area contributed by atoms with E-state index >= 15 is 0 Å². The van der Waals surface area contributed by atoms with Gasteiger partial charge in [-0.1, -0.05) is 30.7 Å². The van der Waals surface area contributed by atoms with Crippen LogP contribution in [-0.2, 0) is 20.5 Å². The van der Waals surface area contributed by atoms with Gasteiger partial charge in [0, 0.05) is 23.0 Å². The molecular formula is C24H25F3O3S. The number of cyclic esters (lactones) is 1. The number of aryl methyl sites for hydroxylation is 3. The molecule has 0 N–H and O–H groups in total. The number of carbonyl (C=O) groups excluding carboxylic acids is 2. The smallest absolute Gasteiger partial charge is 0.416 e. The zero-order chi connectivity index (χ0) is 22.9. The molecule has 1 aliphatic rings. The minimum absolute atomic E-state index is 0.105. The Morgan fingerprint density at radius 3 is 2.32 bits per heavy atom. The molecule has 31 heavy (non-hydrogen) atoms. The standard InChI is InChI=1S/C24H25F3O3S/c1-13-8-14(2)21(15(3)9-13)22-19(28)11-20(30-23(22)29)16(4)12-31-18-7-5-6-17(10-18)24(25,26)27/h5-10,16,20,22H,11-12H2,1-4H3. The van der Waals surface area contributed by atoms with E-state index in [1.807, 2.05) is 39.8 Å². The summed E-state index contributed by atoms with van der Waals surface area (Å²) in [7, 11) is 0. The fraction of sp³-hybridized carbons (Fsp3) is 0.417. The molecule has 0 amide bonds. The highest BCUT2D eigenvalue weighted by molar-refractivity contribution is 7.99. The summed E-state index contributed by atoms with van der Waals surface area (Å²) in [6, 6.07) is 9.02. The van der Waals surface area contributed by atoms with Crippen LogP contribution in [0.2, 0.25) is 0 Å². The van der Waals surface area contributed by atoms with Gasteiger partial charge in [0.2, 0.25) is 0 Å². The summed E-state index contributed by atoms with van der Waals surface area (Å²) in [5, 5.41) is 0. The second-order valence-corrected chi connectivity index (χ2v) is 9.30. The molecular weight excluding hydrogens is 425 g/mol. The van der Waals surface area contributed by atoms with Crippen molar-refractivity contribution in [3.8, 4) is 0 Å². The largest absolute Gasteiger partial charge is 0.461 e. The summed E-state index contributed by atoms with van der Waals surface area (Å²) in [4.78, 5) is 26.2. The predicted molar refractivity (Wildman–Crippen MR) is 114 cm³/mol. The SMILES string of the molecule is Cc1cc(C)c(C2C(=O)CC(C(C)CSc3cccc(C(F)(F)F)c3)OC2=O)c(C)c1. The highest BCUT2D eigenvalue weighted by atomic mass is 32.2. The quantitative estimate of drug-likeness (QED) is 0.317. The number of halogens is 3. The van der Waals surface area contributed by atoms with E-state index in [-0.39, 0.29) is 18.1 Å². The second-order valence-electron chi connectivity index (χ2n) is 8.21. The monoisotopic (exact) mass is 450 g/mol. The Morgan fingerprint density at radius 2 is 1.74 bits per heavy atom. The first kappa shape index (κ1) is 23.4. The molecule has 0 radical (unpaired) electrons. The van der Waals surface area contributed by atoms with Gasteiger partial charge in [0.25, 0.3) is 0 Å². The summed E-state index contributed by atoms with van der Waals surface area (Å²) in [5.41, 5.74) is 2.86. The van der Waals surface area contributed by atoms with Gasteiger partial charge in [-0.15, -0.1) is 11.8 Å². The Bertz CT molecular complexity index is 959. The first-order valence-corrected chi connectivity index (χ1v) is 11.1. The van der Waals surface area contributed by atoms with Crippen LogP contribution in [0.4, 0.5) is 13.2 Å². The molecule has 7 heteroatoms. The highest BCUT2D eigenvalue weighted by Crippen LogP contribution is 2.36. The van der Waals surface area contributed by atoms with Crippen LogP contribution in [0.25, 0.3) is 0 Å². The van der Waals surface area contributed by atoms with E-state index in [1.54, 1.807) is 6.07 Å². The maximum Gasteiger partial charge on any atom is 0.416 e. The van der Waals surface area contributed by atoms with Crippen molar-refractivity contribution in [2.24, 2.45) is 5.92 Å². The minimum Gasteiger partial charge on any atom is -0.461 e.